The van der Waals surface area contributed by atoms with Gasteiger partial charge in [-0.2, -0.15) is 0 Å². The van der Waals surface area contributed by atoms with E-state index in [-0.39, 0.29) is 6.04 Å². The fourth-order valence-electron chi connectivity index (χ4n) is 2.22. The van der Waals surface area contributed by atoms with Crippen LogP contribution >= 0.6 is 0 Å². The van der Waals surface area contributed by atoms with Gasteiger partial charge in [-0.15, -0.1) is 0 Å². The second-order valence-electron chi connectivity index (χ2n) is 4.45. The highest BCUT2D eigenvalue weighted by atomic mass is 14.8. The van der Waals surface area contributed by atoms with Crippen molar-refractivity contribution in [3.8, 4) is 0 Å². The molecule has 0 radical (unpaired) electrons. The Labute approximate surface area is 91.9 Å². The van der Waals surface area contributed by atoms with Gasteiger partial charge in [0.2, 0.25) is 0 Å². The average Bonchev–Trinajstić information content (AvgIpc) is 2.27. The zero-order chi connectivity index (χ0) is 10.7. The van der Waals surface area contributed by atoms with E-state index in [1.807, 2.05) is 0 Å². The number of aromatic nitrogens is 1. The van der Waals surface area contributed by atoms with Gasteiger partial charge >= 0.3 is 0 Å². The number of nitrogens with two attached hydrogens (primary N) is 1. The lowest BCUT2D eigenvalue weighted by atomic mass is 9.92. The number of fused-ring (bicyclic) bond motifs is 1. The second-order valence-corrected chi connectivity index (χ2v) is 4.45. The van der Waals surface area contributed by atoms with Crippen molar-refractivity contribution in [3.05, 3.63) is 29.1 Å². The standard InChI is InChI=1S/C13H20N2/c1-2-3-6-11-9-8-10-5-4-7-12(14)13(10)15-11/h8-9,12H,2-7,14H2,1H3. The predicted molar refractivity (Wildman–Crippen MR) is 62.7 cm³/mol. The van der Waals surface area contributed by atoms with Crippen LogP contribution in [0.3, 0.4) is 0 Å². The lowest BCUT2D eigenvalue weighted by Gasteiger charge is -2.21. The minimum Gasteiger partial charge on any atom is -0.323 e. The Balaban J connectivity index is 2.19. The first-order chi connectivity index (χ1) is 7.31. The van der Waals surface area contributed by atoms with Gasteiger partial charge in [-0.05, 0) is 43.7 Å². The normalized spacial score (nSPS) is 20.0. The van der Waals surface area contributed by atoms with Gasteiger partial charge < -0.3 is 5.73 Å². The fraction of sp³-hybridized carbons (Fsp3) is 0.615. The molecular weight excluding hydrogens is 184 g/mol. The third-order valence-electron chi connectivity index (χ3n) is 3.17. The van der Waals surface area contributed by atoms with E-state index in [0.29, 0.717) is 0 Å². The average molecular weight is 204 g/mol. The molecule has 2 N–H and O–H groups in total. The fourth-order valence-corrected chi connectivity index (χ4v) is 2.22. The lowest BCUT2D eigenvalue weighted by molar-refractivity contribution is 0.550. The molecule has 1 atom stereocenters. The molecule has 0 spiro atoms. The maximum Gasteiger partial charge on any atom is 0.0606 e. The summed E-state index contributed by atoms with van der Waals surface area (Å²) in [5.74, 6) is 0. The molecule has 0 saturated carbocycles. The summed E-state index contributed by atoms with van der Waals surface area (Å²) >= 11 is 0. The highest BCUT2D eigenvalue weighted by molar-refractivity contribution is 5.27. The molecule has 0 amide bonds. The summed E-state index contributed by atoms with van der Waals surface area (Å²) in [7, 11) is 0. The molecule has 1 unspecified atom stereocenters. The van der Waals surface area contributed by atoms with Crippen molar-refractivity contribution in [1.82, 2.24) is 4.98 Å². The van der Waals surface area contributed by atoms with Crippen LogP contribution in [0, 0.1) is 0 Å². The third kappa shape index (κ3) is 2.37. The smallest absolute Gasteiger partial charge is 0.0606 e. The Hall–Kier alpha value is -0.890. The largest absolute Gasteiger partial charge is 0.323 e. The lowest BCUT2D eigenvalue weighted by Crippen LogP contribution is -2.19. The molecular formula is C13H20N2. The van der Waals surface area contributed by atoms with Crippen molar-refractivity contribution < 1.29 is 0 Å². The van der Waals surface area contributed by atoms with Crippen LogP contribution in [-0.2, 0) is 12.8 Å². The van der Waals surface area contributed by atoms with Gasteiger partial charge in [0, 0.05) is 11.7 Å². The van der Waals surface area contributed by atoms with Gasteiger partial charge in [-0.25, -0.2) is 0 Å². The molecule has 0 fully saturated rings. The Morgan fingerprint density at radius 2 is 2.33 bits per heavy atom. The van der Waals surface area contributed by atoms with Crippen LogP contribution in [0.15, 0.2) is 12.1 Å². The minimum atomic E-state index is 0.176. The molecule has 0 aromatic carbocycles. The van der Waals surface area contributed by atoms with Crippen molar-refractivity contribution in [1.29, 1.82) is 0 Å². The van der Waals surface area contributed by atoms with Crippen LogP contribution in [0.5, 0.6) is 0 Å². The summed E-state index contributed by atoms with van der Waals surface area (Å²) in [5, 5.41) is 0. The van der Waals surface area contributed by atoms with Crippen LogP contribution in [0.25, 0.3) is 0 Å². The molecule has 0 bridgehead atoms. The first-order valence-electron chi connectivity index (χ1n) is 6.05. The molecule has 2 nitrogen and oxygen atoms in total. The minimum absolute atomic E-state index is 0.176. The Morgan fingerprint density at radius 1 is 1.47 bits per heavy atom. The number of hydrogen-bond acceptors (Lipinski definition) is 2. The van der Waals surface area contributed by atoms with E-state index < -0.39 is 0 Å². The summed E-state index contributed by atoms with van der Waals surface area (Å²) in [4.78, 5) is 4.71. The molecule has 1 aliphatic rings. The summed E-state index contributed by atoms with van der Waals surface area (Å²) in [6, 6.07) is 4.58. The number of nitrogens with zero attached hydrogens (tertiary/aromatic N) is 1. The molecule has 1 aliphatic carbocycles. The van der Waals surface area contributed by atoms with E-state index in [2.05, 4.69) is 19.1 Å². The first-order valence-corrected chi connectivity index (χ1v) is 6.05. The Morgan fingerprint density at radius 3 is 3.13 bits per heavy atom. The maximum absolute atomic E-state index is 6.08. The van der Waals surface area contributed by atoms with Crippen molar-refractivity contribution >= 4 is 0 Å². The van der Waals surface area contributed by atoms with Crippen molar-refractivity contribution in [2.24, 2.45) is 5.73 Å². The van der Waals surface area contributed by atoms with Crippen molar-refractivity contribution in [3.63, 3.8) is 0 Å². The van der Waals surface area contributed by atoms with Gasteiger partial charge in [0.25, 0.3) is 0 Å². The van der Waals surface area contributed by atoms with Crippen LogP contribution in [-0.4, -0.2) is 4.98 Å². The van der Waals surface area contributed by atoms with E-state index in [9.17, 15) is 0 Å². The molecule has 82 valence electrons. The molecule has 1 heterocycles. The SMILES string of the molecule is CCCCc1ccc2c(n1)C(N)CCC2. The molecule has 15 heavy (non-hydrogen) atoms. The predicted octanol–water partition coefficient (Wildman–Crippen LogP) is 2.76. The summed E-state index contributed by atoms with van der Waals surface area (Å²) in [6.45, 7) is 2.21. The van der Waals surface area contributed by atoms with Crippen molar-refractivity contribution in [2.45, 2.75) is 51.5 Å². The number of pyridine rings is 1. The third-order valence-corrected chi connectivity index (χ3v) is 3.17. The van der Waals surface area contributed by atoms with Gasteiger partial charge in [-0.1, -0.05) is 19.4 Å². The molecule has 2 heteroatoms. The molecule has 2 rings (SSSR count). The summed E-state index contributed by atoms with van der Waals surface area (Å²) < 4.78 is 0. The highest BCUT2D eigenvalue weighted by Gasteiger charge is 2.18. The molecule has 1 aromatic heterocycles. The topological polar surface area (TPSA) is 38.9 Å². The highest BCUT2D eigenvalue weighted by Crippen LogP contribution is 2.26. The number of hydrogen-bond donors (Lipinski definition) is 1. The number of rotatable bonds is 3. The molecule has 1 aromatic rings. The monoisotopic (exact) mass is 204 g/mol. The zero-order valence-corrected chi connectivity index (χ0v) is 9.50. The van der Waals surface area contributed by atoms with Crippen LogP contribution in [0.2, 0.25) is 0 Å². The van der Waals surface area contributed by atoms with E-state index in [1.165, 1.54) is 30.5 Å². The van der Waals surface area contributed by atoms with Crippen LogP contribution < -0.4 is 5.73 Å². The van der Waals surface area contributed by atoms with Gasteiger partial charge in [0.15, 0.2) is 0 Å². The second kappa shape index (κ2) is 4.75. The quantitative estimate of drug-likeness (QED) is 0.822. The van der Waals surface area contributed by atoms with Crippen LogP contribution in [0.1, 0.15) is 55.6 Å². The van der Waals surface area contributed by atoms with Gasteiger partial charge in [-0.3, -0.25) is 4.98 Å². The van der Waals surface area contributed by atoms with Crippen molar-refractivity contribution in [2.75, 3.05) is 0 Å². The first kappa shape index (κ1) is 10.6. The molecule has 0 saturated heterocycles. The van der Waals surface area contributed by atoms with E-state index in [0.717, 1.165) is 25.0 Å². The Bertz CT molecular complexity index is 333. The van der Waals surface area contributed by atoms with E-state index in [1.54, 1.807) is 0 Å². The maximum atomic E-state index is 6.08. The molecule has 0 aliphatic heterocycles. The summed E-state index contributed by atoms with van der Waals surface area (Å²) in [5.41, 5.74) is 9.83. The number of aryl methyl sites for hydroxylation is 2. The summed E-state index contributed by atoms with van der Waals surface area (Å²) in [6.07, 6.45) is 7.01. The van der Waals surface area contributed by atoms with E-state index in [4.69, 9.17) is 10.7 Å². The van der Waals surface area contributed by atoms with E-state index >= 15 is 0 Å². The number of unbranched alkanes of at least 4 members (excludes halogenated alkanes) is 1. The zero-order valence-electron chi connectivity index (χ0n) is 9.50. The van der Waals surface area contributed by atoms with Gasteiger partial charge in [0.1, 0.15) is 0 Å². The Kier molecular flexibility index (Phi) is 3.37. The van der Waals surface area contributed by atoms with Gasteiger partial charge in [0.05, 0.1) is 5.69 Å². The van der Waals surface area contributed by atoms with Crippen LogP contribution in [0.4, 0.5) is 0 Å².